The third-order valence-corrected chi connectivity index (χ3v) is 1.09. The molecule has 0 amide bonds. The van der Waals surface area contributed by atoms with Crippen molar-refractivity contribution in [1.82, 2.24) is 4.90 Å². The van der Waals surface area contributed by atoms with Gasteiger partial charge >= 0.3 is 0 Å². The molecular weight excluding hydrogens is 114 g/mol. The van der Waals surface area contributed by atoms with E-state index < -0.39 is 0 Å². The molecule has 0 fully saturated rings. The highest BCUT2D eigenvalue weighted by Crippen LogP contribution is 1.80. The first-order valence-corrected chi connectivity index (χ1v) is 3.02. The molecule has 0 saturated heterocycles. The molecule has 2 nitrogen and oxygen atoms in total. The zero-order valence-corrected chi connectivity index (χ0v) is 6.13. The molecule has 0 aromatic rings. The van der Waals surface area contributed by atoms with Gasteiger partial charge in [-0.15, -0.1) is 0 Å². The smallest absolute Gasteiger partial charge is 0.0589 e. The lowest BCUT2D eigenvalue weighted by molar-refractivity contribution is 0.166. The van der Waals surface area contributed by atoms with Crippen LogP contribution < -0.4 is 0 Å². The van der Waals surface area contributed by atoms with Gasteiger partial charge in [0.2, 0.25) is 0 Å². The highest BCUT2D eigenvalue weighted by Gasteiger charge is 1.91. The predicted octanol–water partition coefficient (Wildman–Crippen LogP) is 0.554. The van der Waals surface area contributed by atoms with Gasteiger partial charge in [-0.2, -0.15) is 0 Å². The van der Waals surface area contributed by atoms with Crippen molar-refractivity contribution < 1.29 is 4.74 Å². The average Bonchev–Trinajstić information content (AvgIpc) is 1.85. The van der Waals surface area contributed by atoms with Crippen LogP contribution in [0.25, 0.3) is 0 Å². The van der Waals surface area contributed by atoms with E-state index in [1.165, 1.54) is 0 Å². The van der Waals surface area contributed by atoms with Crippen LogP contribution in [-0.4, -0.2) is 38.8 Å². The topological polar surface area (TPSA) is 12.5 Å². The molecular formula is C7H14NO. The van der Waals surface area contributed by atoms with E-state index >= 15 is 0 Å². The Hall–Kier alpha value is -0.340. The van der Waals surface area contributed by atoms with E-state index in [2.05, 4.69) is 4.90 Å². The molecule has 0 aromatic carbocycles. The minimum atomic E-state index is 0.768. The number of nitrogens with zero attached hydrogens (tertiary/aromatic N) is 1. The summed E-state index contributed by atoms with van der Waals surface area (Å²) in [5.41, 5.74) is 0. The average molecular weight is 128 g/mol. The van der Waals surface area contributed by atoms with Gasteiger partial charge in [0.15, 0.2) is 0 Å². The Morgan fingerprint density at radius 1 is 1.67 bits per heavy atom. The van der Waals surface area contributed by atoms with Gasteiger partial charge in [-0.1, -0.05) is 12.7 Å². The van der Waals surface area contributed by atoms with Crippen molar-refractivity contribution in [3.63, 3.8) is 0 Å². The second-order valence-electron chi connectivity index (χ2n) is 1.99. The summed E-state index contributed by atoms with van der Waals surface area (Å²) in [5.74, 6) is 0. The highest BCUT2D eigenvalue weighted by molar-refractivity contribution is 4.67. The lowest BCUT2D eigenvalue weighted by Gasteiger charge is -2.11. The third kappa shape index (κ3) is 5.53. The molecule has 0 aromatic heterocycles. The van der Waals surface area contributed by atoms with E-state index in [1.54, 1.807) is 13.2 Å². The molecule has 0 rings (SSSR count). The molecule has 1 radical (unpaired) electrons. The Morgan fingerprint density at radius 2 is 2.33 bits per heavy atom. The van der Waals surface area contributed by atoms with Crippen LogP contribution in [0.2, 0.25) is 0 Å². The minimum absolute atomic E-state index is 0.768. The number of ether oxygens (including phenoxy) is 1. The second kappa shape index (κ2) is 5.79. The molecule has 0 heterocycles. The molecule has 0 atom stereocenters. The van der Waals surface area contributed by atoms with Crippen LogP contribution in [0.15, 0.2) is 6.08 Å². The SMILES string of the molecule is [CH]=CCN(C)CCOC. The minimum Gasteiger partial charge on any atom is -0.383 e. The van der Waals surface area contributed by atoms with Crippen molar-refractivity contribution in [3.8, 4) is 0 Å². The van der Waals surface area contributed by atoms with Crippen LogP contribution in [0.4, 0.5) is 0 Å². The van der Waals surface area contributed by atoms with Gasteiger partial charge in [0.05, 0.1) is 6.61 Å². The maximum Gasteiger partial charge on any atom is 0.0589 e. The molecule has 9 heavy (non-hydrogen) atoms. The largest absolute Gasteiger partial charge is 0.383 e. The maximum absolute atomic E-state index is 5.19. The molecule has 0 saturated carbocycles. The van der Waals surface area contributed by atoms with Crippen LogP contribution in [0.5, 0.6) is 0 Å². The summed E-state index contributed by atoms with van der Waals surface area (Å²) in [6, 6.07) is 0. The normalized spacial score (nSPS) is 10.1. The Morgan fingerprint density at radius 3 is 2.78 bits per heavy atom. The summed E-state index contributed by atoms with van der Waals surface area (Å²) in [6.07, 6.45) is 1.63. The summed E-state index contributed by atoms with van der Waals surface area (Å²) in [5, 5.41) is 0. The first kappa shape index (κ1) is 8.66. The number of methoxy groups -OCH3 is 1. The second-order valence-corrected chi connectivity index (χ2v) is 1.99. The molecule has 0 N–H and O–H groups in total. The van der Waals surface area contributed by atoms with Gasteiger partial charge < -0.3 is 9.64 Å². The number of rotatable bonds is 5. The Bertz CT molecular complexity index is 73.3. The van der Waals surface area contributed by atoms with Gasteiger partial charge in [-0.25, -0.2) is 0 Å². The van der Waals surface area contributed by atoms with Crippen molar-refractivity contribution in [1.29, 1.82) is 0 Å². The van der Waals surface area contributed by atoms with E-state index in [0.717, 1.165) is 19.7 Å². The van der Waals surface area contributed by atoms with Gasteiger partial charge in [-0.05, 0) is 7.05 Å². The summed E-state index contributed by atoms with van der Waals surface area (Å²) >= 11 is 0. The molecule has 0 spiro atoms. The maximum atomic E-state index is 5.19. The number of hydrogen-bond donors (Lipinski definition) is 0. The lowest BCUT2D eigenvalue weighted by atomic mass is 10.5. The van der Waals surface area contributed by atoms with Crippen LogP contribution in [0.3, 0.4) is 0 Å². The van der Waals surface area contributed by atoms with Crippen molar-refractivity contribution >= 4 is 0 Å². The lowest BCUT2D eigenvalue weighted by Crippen LogP contribution is -2.22. The first-order valence-electron chi connectivity index (χ1n) is 3.02. The van der Waals surface area contributed by atoms with Gasteiger partial charge in [-0.3, -0.25) is 0 Å². The van der Waals surface area contributed by atoms with Crippen molar-refractivity contribution in [3.05, 3.63) is 12.7 Å². The fraction of sp³-hybridized carbons (Fsp3) is 0.714. The number of hydrogen-bond acceptors (Lipinski definition) is 2. The Balaban J connectivity index is 3.04. The molecule has 53 valence electrons. The molecule has 2 heteroatoms. The van der Waals surface area contributed by atoms with E-state index in [9.17, 15) is 0 Å². The van der Waals surface area contributed by atoms with Gasteiger partial charge in [0.1, 0.15) is 0 Å². The predicted molar refractivity (Wildman–Crippen MR) is 38.2 cm³/mol. The summed E-state index contributed by atoms with van der Waals surface area (Å²) in [7, 11) is 3.70. The van der Waals surface area contributed by atoms with Crippen LogP contribution in [-0.2, 0) is 4.74 Å². The summed E-state index contributed by atoms with van der Waals surface area (Å²) in [6.45, 7) is 7.72. The highest BCUT2D eigenvalue weighted by atomic mass is 16.5. The van der Waals surface area contributed by atoms with Crippen LogP contribution in [0.1, 0.15) is 0 Å². The van der Waals surface area contributed by atoms with Crippen molar-refractivity contribution in [2.45, 2.75) is 0 Å². The van der Waals surface area contributed by atoms with Gasteiger partial charge in [0, 0.05) is 20.2 Å². The summed E-state index contributed by atoms with van der Waals surface area (Å²) < 4.78 is 4.86. The van der Waals surface area contributed by atoms with E-state index in [0.29, 0.717) is 0 Å². The zero-order valence-electron chi connectivity index (χ0n) is 6.13. The fourth-order valence-electron chi connectivity index (χ4n) is 0.518. The van der Waals surface area contributed by atoms with E-state index in [4.69, 9.17) is 11.3 Å². The fourth-order valence-corrected chi connectivity index (χ4v) is 0.518. The molecule has 0 aliphatic heterocycles. The molecule has 0 aliphatic carbocycles. The van der Waals surface area contributed by atoms with Crippen molar-refractivity contribution in [2.24, 2.45) is 0 Å². The first-order chi connectivity index (χ1) is 4.31. The third-order valence-electron chi connectivity index (χ3n) is 1.09. The monoisotopic (exact) mass is 128 g/mol. The van der Waals surface area contributed by atoms with E-state index in [-0.39, 0.29) is 0 Å². The Kier molecular flexibility index (Phi) is 5.57. The summed E-state index contributed by atoms with van der Waals surface area (Å²) in [4.78, 5) is 2.09. The Labute approximate surface area is 57.1 Å². The standard InChI is InChI=1S/C7H14NO/c1-4-5-8(2)6-7-9-3/h1,4H,5-7H2,2-3H3. The molecule has 0 bridgehead atoms. The van der Waals surface area contributed by atoms with E-state index in [1.807, 2.05) is 7.05 Å². The molecule has 0 unspecified atom stereocenters. The van der Waals surface area contributed by atoms with Gasteiger partial charge in [0.25, 0.3) is 0 Å². The molecule has 0 aliphatic rings. The van der Waals surface area contributed by atoms with Crippen LogP contribution in [0, 0.1) is 6.58 Å². The number of likely N-dealkylation sites (N-methyl/N-ethyl adjacent to an activating group) is 1. The quantitative estimate of drug-likeness (QED) is 0.536. The van der Waals surface area contributed by atoms with Crippen LogP contribution >= 0.6 is 0 Å². The zero-order chi connectivity index (χ0) is 7.11. The van der Waals surface area contributed by atoms with Crippen molar-refractivity contribution in [2.75, 3.05) is 33.9 Å².